The number of benzene rings is 1. The molecule has 2 amide bonds. The van der Waals surface area contributed by atoms with Gasteiger partial charge in [0, 0.05) is 19.4 Å². The summed E-state index contributed by atoms with van der Waals surface area (Å²) >= 11 is 1.35. The van der Waals surface area contributed by atoms with Crippen molar-refractivity contribution in [3.05, 3.63) is 41.2 Å². The quantitative estimate of drug-likeness (QED) is 0.458. The monoisotopic (exact) mass is 473 g/mol. The van der Waals surface area contributed by atoms with Crippen LogP contribution in [0.4, 0.5) is 0 Å². The summed E-state index contributed by atoms with van der Waals surface area (Å²) in [6.07, 6.45) is 3.79. The first-order valence-electron chi connectivity index (χ1n) is 11.6. The molecule has 2 aromatic rings. The summed E-state index contributed by atoms with van der Waals surface area (Å²) in [4.78, 5) is 23.8. The molecule has 1 aromatic heterocycles. The van der Waals surface area contributed by atoms with Crippen molar-refractivity contribution in [3.63, 3.8) is 0 Å². The number of nitrogens with zero attached hydrogens (tertiary/aromatic N) is 3. The number of aromatic nitrogens is 3. The summed E-state index contributed by atoms with van der Waals surface area (Å²) in [7, 11) is 0. The van der Waals surface area contributed by atoms with Crippen LogP contribution < -0.4 is 11.1 Å². The van der Waals surface area contributed by atoms with E-state index in [1.165, 1.54) is 17.3 Å². The molecule has 0 radical (unpaired) electrons. The highest BCUT2D eigenvalue weighted by Crippen LogP contribution is 2.22. The first kappa shape index (κ1) is 25.2. The SMILES string of the molecule is CC(C)Cc1ccc(C(C)NC(=O)CSc2nnc(CCC(N)=O)n2CC2CCCO2)cc1. The highest BCUT2D eigenvalue weighted by Gasteiger charge is 2.22. The van der Waals surface area contributed by atoms with Crippen LogP contribution in [0, 0.1) is 5.92 Å². The summed E-state index contributed by atoms with van der Waals surface area (Å²) < 4.78 is 7.73. The molecule has 8 nitrogen and oxygen atoms in total. The molecular formula is C24H35N5O3S. The predicted molar refractivity (Wildman–Crippen MR) is 129 cm³/mol. The lowest BCUT2D eigenvalue weighted by Gasteiger charge is -2.16. The summed E-state index contributed by atoms with van der Waals surface area (Å²) in [5.74, 6) is 1.10. The Balaban J connectivity index is 1.57. The van der Waals surface area contributed by atoms with Crippen molar-refractivity contribution >= 4 is 23.6 Å². The number of ether oxygens (including phenoxy) is 1. The minimum absolute atomic E-state index is 0.0656. The lowest BCUT2D eigenvalue weighted by molar-refractivity contribution is -0.119. The Morgan fingerprint density at radius 3 is 2.64 bits per heavy atom. The maximum absolute atomic E-state index is 12.6. The summed E-state index contributed by atoms with van der Waals surface area (Å²) in [6, 6.07) is 8.35. The number of nitrogens with one attached hydrogen (secondary N) is 1. The number of hydrogen-bond acceptors (Lipinski definition) is 6. The molecule has 0 aliphatic carbocycles. The molecule has 2 heterocycles. The molecule has 9 heteroatoms. The molecule has 1 aliphatic rings. The molecule has 1 aromatic carbocycles. The topological polar surface area (TPSA) is 112 Å². The second kappa shape index (κ2) is 12.2. The molecule has 1 fully saturated rings. The van der Waals surface area contributed by atoms with Crippen molar-refractivity contribution in [1.82, 2.24) is 20.1 Å². The number of thioether (sulfide) groups is 1. The maximum atomic E-state index is 12.6. The van der Waals surface area contributed by atoms with Crippen LogP contribution in [-0.2, 0) is 33.7 Å². The molecule has 2 atom stereocenters. The van der Waals surface area contributed by atoms with Gasteiger partial charge in [0.05, 0.1) is 24.4 Å². The zero-order valence-electron chi connectivity index (χ0n) is 19.8. The Bertz CT molecular complexity index is 923. The van der Waals surface area contributed by atoms with Gasteiger partial charge in [0.1, 0.15) is 5.82 Å². The third-order valence-corrected chi connectivity index (χ3v) is 6.60. The number of primary amides is 1. The van der Waals surface area contributed by atoms with Crippen molar-refractivity contribution in [2.45, 2.75) is 76.7 Å². The van der Waals surface area contributed by atoms with E-state index in [1.807, 2.05) is 11.5 Å². The predicted octanol–water partition coefficient (Wildman–Crippen LogP) is 3.04. The third kappa shape index (κ3) is 7.85. The van der Waals surface area contributed by atoms with Crippen LogP contribution in [-0.4, -0.2) is 45.0 Å². The number of rotatable bonds is 12. The van der Waals surface area contributed by atoms with Gasteiger partial charge in [-0.15, -0.1) is 10.2 Å². The average molecular weight is 474 g/mol. The second-order valence-electron chi connectivity index (χ2n) is 9.03. The van der Waals surface area contributed by atoms with Crippen LogP contribution in [0.1, 0.15) is 63.0 Å². The van der Waals surface area contributed by atoms with Gasteiger partial charge >= 0.3 is 0 Å². The number of carbonyl (C=O) groups excluding carboxylic acids is 2. The first-order chi connectivity index (χ1) is 15.8. The van der Waals surface area contributed by atoms with E-state index >= 15 is 0 Å². The summed E-state index contributed by atoms with van der Waals surface area (Å²) in [6.45, 7) is 7.77. The second-order valence-corrected chi connectivity index (χ2v) is 9.97. The molecule has 33 heavy (non-hydrogen) atoms. The molecule has 0 saturated carbocycles. The highest BCUT2D eigenvalue weighted by molar-refractivity contribution is 7.99. The number of carbonyl (C=O) groups is 2. The van der Waals surface area contributed by atoms with Gasteiger partial charge in [0.2, 0.25) is 11.8 Å². The number of amides is 2. The Morgan fingerprint density at radius 1 is 1.24 bits per heavy atom. The number of nitrogens with two attached hydrogens (primary N) is 1. The molecule has 180 valence electrons. The van der Waals surface area contributed by atoms with Gasteiger partial charge in [-0.2, -0.15) is 0 Å². The van der Waals surface area contributed by atoms with E-state index in [0.29, 0.717) is 29.9 Å². The van der Waals surface area contributed by atoms with Crippen LogP contribution in [0.2, 0.25) is 0 Å². The average Bonchev–Trinajstić information content (AvgIpc) is 3.41. The van der Waals surface area contributed by atoms with Gasteiger partial charge < -0.3 is 20.4 Å². The molecular weight excluding hydrogens is 438 g/mol. The van der Waals surface area contributed by atoms with Crippen molar-refractivity contribution in [3.8, 4) is 0 Å². The van der Waals surface area contributed by atoms with E-state index in [-0.39, 0.29) is 36.1 Å². The van der Waals surface area contributed by atoms with Crippen molar-refractivity contribution in [2.75, 3.05) is 12.4 Å². The normalized spacial score (nSPS) is 16.8. The minimum Gasteiger partial charge on any atom is -0.376 e. The van der Waals surface area contributed by atoms with Crippen LogP contribution in [0.25, 0.3) is 0 Å². The molecule has 0 bridgehead atoms. The van der Waals surface area contributed by atoms with Crippen molar-refractivity contribution in [1.29, 1.82) is 0 Å². The minimum atomic E-state index is -0.374. The van der Waals surface area contributed by atoms with Gasteiger partial charge in [0.25, 0.3) is 0 Å². The van der Waals surface area contributed by atoms with E-state index in [9.17, 15) is 9.59 Å². The zero-order valence-corrected chi connectivity index (χ0v) is 20.6. The number of hydrogen-bond donors (Lipinski definition) is 2. The van der Waals surface area contributed by atoms with E-state index in [1.54, 1.807) is 0 Å². The first-order valence-corrected chi connectivity index (χ1v) is 12.6. The Labute approximate surface area is 200 Å². The molecule has 1 saturated heterocycles. The van der Waals surface area contributed by atoms with Crippen molar-refractivity contribution in [2.24, 2.45) is 11.7 Å². The third-order valence-electron chi connectivity index (χ3n) is 5.63. The van der Waals surface area contributed by atoms with Gasteiger partial charge in [-0.25, -0.2) is 0 Å². The molecule has 0 spiro atoms. The molecule has 1 aliphatic heterocycles. The largest absolute Gasteiger partial charge is 0.376 e. The number of aryl methyl sites for hydroxylation is 1. The molecule has 3 N–H and O–H groups in total. The van der Waals surface area contributed by atoms with E-state index < -0.39 is 0 Å². The highest BCUT2D eigenvalue weighted by atomic mass is 32.2. The Hall–Kier alpha value is -2.39. The van der Waals surface area contributed by atoms with Crippen LogP contribution in [0.15, 0.2) is 29.4 Å². The van der Waals surface area contributed by atoms with E-state index in [0.717, 1.165) is 31.4 Å². The molecule has 2 unspecified atom stereocenters. The Kier molecular flexibility index (Phi) is 9.31. The lowest BCUT2D eigenvalue weighted by Crippen LogP contribution is -2.28. The van der Waals surface area contributed by atoms with Gasteiger partial charge in [0.15, 0.2) is 5.16 Å². The Morgan fingerprint density at radius 2 is 2.00 bits per heavy atom. The fraction of sp³-hybridized carbons (Fsp3) is 0.583. The van der Waals surface area contributed by atoms with Crippen LogP contribution in [0.5, 0.6) is 0 Å². The summed E-state index contributed by atoms with van der Waals surface area (Å²) in [5, 5.41) is 12.2. The van der Waals surface area contributed by atoms with E-state index in [2.05, 4.69) is 53.6 Å². The maximum Gasteiger partial charge on any atom is 0.230 e. The fourth-order valence-corrected chi connectivity index (χ4v) is 4.71. The van der Waals surface area contributed by atoms with Gasteiger partial charge in [-0.3, -0.25) is 9.59 Å². The smallest absolute Gasteiger partial charge is 0.230 e. The van der Waals surface area contributed by atoms with Crippen molar-refractivity contribution < 1.29 is 14.3 Å². The standard InChI is InChI=1S/C24H35N5O3S/c1-16(2)13-18-6-8-19(9-7-18)17(3)26-23(31)15-33-24-28-27-22(11-10-21(25)30)29(24)14-20-5-4-12-32-20/h6-9,16-17,20H,4-5,10-15H2,1-3H3,(H2,25,30)(H,26,31). The fourth-order valence-electron chi connectivity index (χ4n) is 3.93. The van der Waals surface area contributed by atoms with Gasteiger partial charge in [-0.1, -0.05) is 49.9 Å². The van der Waals surface area contributed by atoms with Crippen LogP contribution in [0.3, 0.4) is 0 Å². The molecule has 3 rings (SSSR count). The van der Waals surface area contributed by atoms with Gasteiger partial charge in [-0.05, 0) is 43.2 Å². The zero-order chi connectivity index (χ0) is 23.8. The summed E-state index contributed by atoms with van der Waals surface area (Å²) in [5.41, 5.74) is 7.69. The van der Waals surface area contributed by atoms with E-state index in [4.69, 9.17) is 10.5 Å². The lowest BCUT2D eigenvalue weighted by atomic mass is 10.00. The van der Waals surface area contributed by atoms with Crippen LogP contribution >= 0.6 is 11.8 Å².